The number of fused-ring (bicyclic) bond motifs is 2. The predicted molar refractivity (Wildman–Crippen MR) is 177 cm³/mol. The van der Waals surface area contributed by atoms with E-state index in [9.17, 15) is 9.59 Å². The summed E-state index contributed by atoms with van der Waals surface area (Å²) < 4.78 is 24.2. The first kappa shape index (κ1) is 34.3. The molecule has 2 N–H and O–H groups in total. The summed E-state index contributed by atoms with van der Waals surface area (Å²) in [6.45, 7) is 19.4. The number of halogens is 1. The molecule has 2 aromatic rings. The zero-order chi connectivity index (χ0) is 32.7. The second-order valence-corrected chi connectivity index (χ2v) is 15.6. The van der Waals surface area contributed by atoms with E-state index in [-0.39, 0.29) is 42.6 Å². The molecule has 3 aliphatic rings. The first-order valence-electron chi connectivity index (χ1n) is 15.5. The molecule has 5 rings (SSSR count). The predicted octanol–water partition coefficient (Wildman–Crippen LogP) is 7.46. The van der Waals surface area contributed by atoms with Crippen LogP contribution >= 0.6 is 15.9 Å². The van der Waals surface area contributed by atoms with Crippen LogP contribution in [0.1, 0.15) is 116 Å². The van der Waals surface area contributed by atoms with Crippen molar-refractivity contribution in [3.63, 3.8) is 0 Å². The summed E-state index contributed by atoms with van der Waals surface area (Å²) in [7, 11) is -0.379. The highest BCUT2D eigenvalue weighted by Crippen LogP contribution is 2.39. The lowest BCUT2D eigenvalue weighted by Crippen LogP contribution is -2.41. The molecule has 1 heterocycles. The number of rotatable bonds is 3. The van der Waals surface area contributed by atoms with Gasteiger partial charge >= 0.3 is 19.3 Å². The number of ether oxygens (including phenoxy) is 2. The lowest BCUT2D eigenvalue weighted by Gasteiger charge is -2.32. The van der Waals surface area contributed by atoms with Crippen LogP contribution in [0.3, 0.4) is 0 Å². The molecule has 0 aromatic heterocycles. The van der Waals surface area contributed by atoms with Crippen molar-refractivity contribution in [3.8, 4) is 0 Å². The molecule has 0 unspecified atom stereocenters. The van der Waals surface area contributed by atoms with E-state index in [1.54, 1.807) is 0 Å². The van der Waals surface area contributed by atoms with Crippen molar-refractivity contribution in [2.75, 3.05) is 0 Å². The first-order chi connectivity index (χ1) is 20.3. The van der Waals surface area contributed by atoms with E-state index >= 15 is 0 Å². The van der Waals surface area contributed by atoms with E-state index in [1.165, 1.54) is 16.7 Å². The lowest BCUT2D eigenvalue weighted by molar-refractivity contribution is 0.00578. The van der Waals surface area contributed by atoms with Crippen LogP contribution in [0.4, 0.5) is 9.59 Å². The minimum Gasteiger partial charge on any atom is -0.444 e. The van der Waals surface area contributed by atoms with Crippen LogP contribution in [-0.2, 0) is 31.6 Å². The van der Waals surface area contributed by atoms with E-state index in [2.05, 4.69) is 72.5 Å². The van der Waals surface area contributed by atoms with Crippen molar-refractivity contribution >= 4 is 40.7 Å². The Morgan fingerprint density at radius 1 is 0.773 bits per heavy atom. The Morgan fingerprint density at radius 3 is 1.68 bits per heavy atom. The summed E-state index contributed by atoms with van der Waals surface area (Å²) in [5, 5.41) is 5.94. The summed E-state index contributed by atoms with van der Waals surface area (Å²) in [6.07, 6.45) is 2.92. The summed E-state index contributed by atoms with van der Waals surface area (Å²) >= 11 is 3.55. The SMILES string of the molecule is CC(C)(C)OC(=O)N[C@H]1CCc2c(B3OC(C)(C)C(C)(C)O3)cccc21.CC(C)(C)OC(=O)N[C@H]1CCc2c(Br)cccc21. The van der Waals surface area contributed by atoms with Gasteiger partial charge in [0.25, 0.3) is 0 Å². The van der Waals surface area contributed by atoms with Crippen molar-refractivity contribution in [2.45, 2.75) is 129 Å². The molecule has 0 spiro atoms. The average molecular weight is 671 g/mol. The summed E-state index contributed by atoms with van der Waals surface area (Å²) in [4.78, 5) is 23.9. The fourth-order valence-corrected chi connectivity index (χ4v) is 6.26. The number of hydrogen-bond acceptors (Lipinski definition) is 6. The minimum atomic E-state index is -0.504. The molecule has 1 fully saturated rings. The first-order valence-corrected chi connectivity index (χ1v) is 16.3. The minimum absolute atomic E-state index is 0.0396. The molecular formula is C34H48BBrN2O6. The normalized spacial score (nSPS) is 21.5. The zero-order valence-corrected chi connectivity index (χ0v) is 29.4. The van der Waals surface area contributed by atoms with Gasteiger partial charge in [0.2, 0.25) is 0 Å². The lowest BCUT2D eigenvalue weighted by atomic mass is 9.75. The Hall–Kier alpha value is -2.56. The van der Waals surface area contributed by atoms with Gasteiger partial charge in [-0.15, -0.1) is 0 Å². The average Bonchev–Trinajstić information content (AvgIpc) is 3.52. The fourth-order valence-electron chi connectivity index (χ4n) is 5.68. The van der Waals surface area contributed by atoms with Crippen LogP contribution in [0.2, 0.25) is 0 Å². The topological polar surface area (TPSA) is 95.1 Å². The molecule has 8 nitrogen and oxygen atoms in total. The number of benzene rings is 2. The van der Waals surface area contributed by atoms with Crippen LogP contribution in [0.5, 0.6) is 0 Å². The molecule has 2 amide bonds. The van der Waals surface area contributed by atoms with Gasteiger partial charge in [0.15, 0.2) is 0 Å². The third kappa shape index (κ3) is 8.18. The maximum atomic E-state index is 12.2. The van der Waals surface area contributed by atoms with Gasteiger partial charge in [0, 0.05) is 4.47 Å². The highest BCUT2D eigenvalue weighted by molar-refractivity contribution is 9.10. The Morgan fingerprint density at radius 2 is 1.20 bits per heavy atom. The Balaban J connectivity index is 0.000000215. The highest BCUT2D eigenvalue weighted by Gasteiger charge is 2.52. The monoisotopic (exact) mass is 670 g/mol. The van der Waals surface area contributed by atoms with E-state index in [0.29, 0.717) is 0 Å². The van der Waals surface area contributed by atoms with Gasteiger partial charge in [-0.1, -0.05) is 46.3 Å². The van der Waals surface area contributed by atoms with Gasteiger partial charge in [0.05, 0.1) is 23.3 Å². The van der Waals surface area contributed by atoms with Crippen molar-refractivity contribution in [1.29, 1.82) is 0 Å². The van der Waals surface area contributed by atoms with Crippen molar-refractivity contribution in [3.05, 3.63) is 63.1 Å². The maximum absolute atomic E-state index is 12.2. The molecule has 2 atom stereocenters. The second-order valence-electron chi connectivity index (χ2n) is 14.8. The molecule has 1 aliphatic heterocycles. The van der Waals surface area contributed by atoms with Gasteiger partial charge < -0.3 is 29.4 Å². The number of amides is 2. The largest absolute Gasteiger partial charge is 0.495 e. The quantitative estimate of drug-likeness (QED) is 0.329. The molecule has 2 aromatic carbocycles. The van der Waals surface area contributed by atoms with Crippen LogP contribution in [-0.4, -0.2) is 41.7 Å². The van der Waals surface area contributed by atoms with Crippen molar-refractivity contribution in [1.82, 2.24) is 10.6 Å². The van der Waals surface area contributed by atoms with Gasteiger partial charge in [-0.3, -0.25) is 0 Å². The Kier molecular flexibility index (Phi) is 9.89. The summed E-state index contributed by atoms with van der Waals surface area (Å²) in [5.41, 5.74) is 4.19. The molecule has 0 bridgehead atoms. The van der Waals surface area contributed by atoms with Gasteiger partial charge in [-0.05, 0) is 129 Å². The molecule has 240 valence electrons. The van der Waals surface area contributed by atoms with E-state index in [4.69, 9.17) is 18.8 Å². The van der Waals surface area contributed by atoms with Crippen LogP contribution < -0.4 is 16.1 Å². The zero-order valence-electron chi connectivity index (χ0n) is 27.9. The summed E-state index contributed by atoms with van der Waals surface area (Å²) in [5.74, 6) is 0. The van der Waals surface area contributed by atoms with Crippen molar-refractivity contribution in [2.24, 2.45) is 0 Å². The van der Waals surface area contributed by atoms with E-state index in [0.717, 1.165) is 41.2 Å². The highest BCUT2D eigenvalue weighted by atomic mass is 79.9. The Bertz CT molecular complexity index is 1360. The Labute approximate surface area is 271 Å². The standard InChI is InChI=1S/C20H30BNO4.C14H18BrNO2/c1-18(2,3)24-17(23)22-16-12-11-13-14(16)9-8-10-15(13)21-25-19(4,5)20(6,7)26-21;1-14(2,3)18-13(17)16-12-8-7-9-10(12)5-4-6-11(9)15/h8-10,16H,11-12H2,1-7H3,(H,22,23);4-6,12H,7-8H2,1-3H3,(H,16,17)/t16-;12-/m00/s1. The summed E-state index contributed by atoms with van der Waals surface area (Å²) in [6, 6.07) is 12.3. The smallest absolute Gasteiger partial charge is 0.444 e. The van der Waals surface area contributed by atoms with Gasteiger partial charge in [-0.2, -0.15) is 0 Å². The number of hydrogen-bond donors (Lipinski definition) is 2. The number of carbonyl (C=O) groups is 2. The molecule has 10 heteroatoms. The van der Waals surface area contributed by atoms with Gasteiger partial charge in [-0.25, -0.2) is 9.59 Å². The maximum Gasteiger partial charge on any atom is 0.495 e. The van der Waals surface area contributed by atoms with Crippen LogP contribution in [0, 0.1) is 0 Å². The third-order valence-electron chi connectivity index (χ3n) is 8.41. The molecule has 0 saturated carbocycles. The number of nitrogens with one attached hydrogen (secondary N) is 2. The molecule has 0 radical (unpaired) electrons. The van der Waals surface area contributed by atoms with E-state index in [1.807, 2.05) is 59.7 Å². The van der Waals surface area contributed by atoms with Crippen LogP contribution in [0.15, 0.2) is 40.9 Å². The fraction of sp³-hybridized carbons (Fsp3) is 0.588. The number of carbonyl (C=O) groups excluding carboxylic acids is 2. The second kappa shape index (κ2) is 12.7. The third-order valence-corrected chi connectivity index (χ3v) is 9.15. The molecule has 2 aliphatic carbocycles. The van der Waals surface area contributed by atoms with Gasteiger partial charge in [0.1, 0.15) is 11.2 Å². The molecule has 44 heavy (non-hydrogen) atoms. The number of alkyl carbamates (subject to hydrolysis) is 2. The van der Waals surface area contributed by atoms with E-state index < -0.39 is 11.2 Å². The molecule has 1 saturated heterocycles. The van der Waals surface area contributed by atoms with Crippen molar-refractivity contribution < 1.29 is 28.4 Å². The molecular weight excluding hydrogens is 623 g/mol. The van der Waals surface area contributed by atoms with Crippen LogP contribution in [0.25, 0.3) is 0 Å².